The minimum absolute atomic E-state index is 0.169. The van der Waals surface area contributed by atoms with Crippen molar-refractivity contribution in [3.05, 3.63) is 34.1 Å². The van der Waals surface area contributed by atoms with Gasteiger partial charge in [0.25, 0.3) is 0 Å². The van der Waals surface area contributed by atoms with Crippen LogP contribution >= 0.6 is 27.5 Å². The summed E-state index contributed by atoms with van der Waals surface area (Å²) >= 11 is 9.11. The number of rotatable bonds is 5. The lowest BCUT2D eigenvalue weighted by Crippen LogP contribution is -2.25. The van der Waals surface area contributed by atoms with Crippen LogP contribution in [0.2, 0.25) is 0 Å². The molecular formula is C12H14BrClFN. The fourth-order valence-corrected chi connectivity index (χ4v) is 2.36. The number of hydrogen-bond donors (Lipinski definition) is 1. The van der Waals surface area contributed by atoms with Crippen molar-refractivity contribution >= 4 is 27.5 Å². The van der Waals surface area contributed by atoms with Gasteiger partial charge in [-0.15, -0.1) is 11.6 Å². The molecule has 0 spiro atoms. The van der Waals surface area contributed by atoms with Gasteiger partial charge in [0.1, 0.15) is 5.82 Å². The molecule has 0 bridgehead atoms. The Bertz CT molecular complexity index is 379. The van der Waals surface area contributed by atoms with Gasteiger partial charge < -0.3 is 5.32 Å². The van der Waals surface area contributed by atoms with E-state index in [9.17, 15) is 4.39 Å². The molecule has 0 heterocycles. The topological polar surface area (TPSA) is 12.0 Å². The fourth-order valence-electron chi connectivity index (χ4n) is 1.66. The number of hydrogen-bond acceptors (Lipinski definition) is 1. The van der Waals surface area contributed by atoms with E-state index in [1.165, 1.54) is 18.9 Å². The molecule has 0 aromatic heterocycles. The maximum Gasteiger partial charge on any atom is 0.128 e. The molecule has 0 aliphatic heterocycles. The van der Waals surface area contributed by atoms with Gasteiger partial charge in [0.15, 0.2) is 0 Å². The molecule has 0 atom stereocenters. The number of nitrogens with one attached hydrogen (secondary N) is 1. The van der Waals surface area contributed by atoms with E-state index >= 15 is 0 Å². The van der Waals surface area contributed by atoms with Crippen molar-refractivity contribution in [3.8, 4) is 0 Å². The molecule has 1 aromatic carbocycles. The summed E-state index contributed by atoms with van der Waals surface area (Å²) in [5.41, 5.74) is 0.987. The van der Waals surface area contributed by atoms with Crippen molar-refractivity contribution < 1.29 is 4.39 Å². The monoisotopic (exact) mass is 305 g/mol. The predicted octanol–water partition coefficient (Wildman–Crippen LogP) is 3.70. The molecule has 0 radical (unpaired) electrons. The van der Waals surface area contributed by atoms with Crippen LogP contribution in [0.3, 0.4) is 0 Å². The van der Waals surface area contributed by atoms with Crippen LogP contribution in [-0.2, 0) is 6.54 Å². The van der Waals surface area contributed by atoms with Gasteiger partial charge in [0, 0.05) is 29.0 Å². The Morgan fingerprint density at radius 3 is 2.75 bits per heavy atom. The first kappa shape index (κ1) is 12.3. The zero-order valence-corrected chi connectivity index (χ0v) is 11.2. The Hall–Kier alpha value is -0.120. The minimum Gasteiger partial charge on any atom is -0.312 e. The van der Waals surface area contributed by atoms with Gasteiger partial charge in [-0.05, 0) is 30.4 Å². The summed E-state index contributed by atoms with van der Waals surface area (Å²) in [6, 6.07) is 5.15. The van der Waals surface area contributed by atoms with E-state index in [2.05, 4.69) is 21.2 Å². The van der Waals surface area contributed by atoms with Crippen molar-refractivity contribution in [2.24, 2.45) is 5.41 Å². The summed E-state index contributed by atoms with van der Waals surface area (Å²) < 4.78 is 14.2. The SMILES string of the molecule is Fc1cc(Br)ccc1CNCC1(CCl)CC1. The number of alkyl halides is 1. The maximum atomic E-state index is 13.5. The van der Waals surface area contributed by atoms with E-state index in [-0.39, 0.29) is 11.2 Å². The van der Waals surface area contributed by atoms with Crippen LogP contribution in [0.5, 0.6) is 0 Å². The molecule has 88 valence electrons. The summed E-state index contributed by atoms with van der Waals surface area (Å²) in [7, 11) is 0. The van der Waals surface area contributed by atoms with Crippen molar-refractivity contribution in [1.29, 1.82) is 0 Å². The predicted molar refractivity (Wildman–Crippen MR) is 68.2 cm³/mol. The van der Waals surface area contributed by atoms with E-state index in [1.807, 2.05) is 6.07 Å². The highest BCUT2D eigenvalue weighted by Crippen LogP contribution is 2.45. The lowest BCUT2D eigenvalue weighted by atomic mass is 10.1. The molecule has 2 rings (SSSR count). The van der Waals surface area contributed by atoms with Crippen molar-refractivity contribution in [2.45, 2.75) is 19.4 Å². The maximum absolute atomic E-state index is 13.5. The van der Waals surface area contributed by atoms with E-state index in [4.69, 9.17) is 11.6 Å². The molecule has 16 heavy (non-hydrogen) atoms. The average molecular weight is 307 g/mol. The second-order valence-corrected chi connectivity index (χ2v) is 5.66. The van der Waals surface area contributed by atoms with Crippen molar-refractivity contribution in [3.63, 3.8) is 0 Å². The quantitative estimate of drug-likeness (QED) is 0.818. The van der Waals surface area contributed by atoms with Gasteiger partial charge in [0.2, 0.25) is 0 Å². The lowest BCUT2D eigenvalue weighted by molar-refractivity contribution is 0.496. The molecule has 1 nitrogen and oxygen atoms in total. The summed E-state index contributed by atoms with van der Waals surface area (Å²) in [4.78, 5) is 0. The first-order chi connectivity index (χ1) is 7.65. The van der Waals surface area contributed by atoms with Crippen LogP contribution < -0.4 is 5.32 Å². The third-order valence-electron chi connectivity index (χ3n) is 3.07. The highest BCUT2D eigenvalue weighted by molar-refractivity contribution is 9.10. The Morgan fingerprint density at radius 2 is 2.19 bits per heavy atom. The van der Waals surface area contributed by atoms with E-state index < -0.39 is 0 Å². The smallest absolute Gasteiger partial charge is 0.128 e. The summed E-state index contributed by atoms with van der Waals surface area (Å²) in [6.45, 7) is 1.45. The second kappa shape index (κ2) is 5.03. The zero-order valence-electron chi connectivity index (χ0n) is 8.90. The first-order valence-electron chi connectivity index (χ1n) is 5.36. The molecule has 1 saturated carbocycles. The van der Waals surface area contributed by atoms with E-state index in [0.29, 0.717) is 18.0 Å². The van der Waals surface area contributed by atoms with Gasteiger partial charge >= 0.3 is 0 Å². The molecule has 0 unspecified atom stereocenters. The molecule has 1 aliphatic carbocycles. The largest absolute Gasteiger partial charge is 0.312 e. The van der Waals surface area contributed by atoms with Crippen LogP contribution in [0.25, 0.3) is 0 Å². The molecule has 0 amide bonds. The summed E-state index contributed by atoms with van der Waals surface area (Å²) in [5.74, 6) is 0.528. The van der Waals surface area contributed by atoms with Gasteiger partial charge in [-0.25, -0.2) is 4.39 Å². The highest BCUT2D eigenvalue weighted by Gasteiger charge is 2.41. The standard InChI is InChI=1S/C12H14BrClFN/c13-10-2-1-9(11(15)5-10)6-16-8-12(7-14)3-4-12/h1-2,5,16H,3-4,6-8H2. The average Bonchev–Trinajstić information content (AvgIpc) is 3.02. The second-order valence-electron chi connectivity index (χ2n) is 4.47. The molecule has 1 fully saturated rings. The van der Waals surface area contributed by atoms with Gasteiger partial charge in [-0.3, -0.25) is 0 Å². The Kier molecular flexibility index (Phi) is 3.88. The molecule has 1 aliphatic rings. The Labute approximate surface area is 109 Å². The van der Waals surface area contributed by atoms with Crippen LogP contribution in [0.1, 0.15) is 18.4 Å². The molecule has 1 N–H and O–H groups in total. The van der Waals surface area contributed by atoms with Crippen LogP contribution in [-0.4, -0.2) is 12.4 Å². The fraction of sp³-hybridized carbons (Fsp3) is 0.500. The van der Waals surface area contributed by atoms with Crippen LogP contribution in [0.4, 0.5) is 4.39 Å². The highest BCUT2D eigenvalue weighted by atomic mass is 79.9. The lowest BCUT2D eigenvalue weighted by Gasteiger charge is -2.12. The van der Waals surface area contributed by atoms with Gasteiger partial charge in [-0.2, -0.15) is 0 Å². The van der Waals surface area contributed by atoms with Crippen LogP contribution in [0, 0.1) is 11.2 Å². The normalized spacial score (nSPS) is 17.4. The Balaban J connectivity index is 1.85. The molecule has 4 heteroatoms. The number of benzene rings is 1. The summed E-state index contributed by atoms with van der Waals surface area (Å²) in [5, 5.41) is 3.28. The van der Waals surface area contributed by atoms with E-state index in [1.54, 1.807) is 6.07 Å². The van der Waals surface area contributed by atoms with Crippen molar-refractivity contribution in [1.82, 2.24) is 5.32 Å². The zero-order chi connectivity index (χ0) is 11.6. The number of halogens is 3. The third-order valence-corrected chi connectivity index (χ3v) is 4.13. The molecule has 1 aromatic rings. The van der Waals surface area contributed by atoms with Crippen molar-refractivity contribution in [2.75, 3.05) is 12.4 Å². The Morgan fingerprint density at radius 1 is 1.44 bits per heavy atom. The van der Waals surface area contributed by atoms with Gasteiger partial charge in [0.05, 0.1) is 0 Å². The third kappa shape index (κ3) is 2.96. The summed E-state index contributed by atoms with van der Waals surface area (Å²) in [6.07, 6.45) is 2.37. The molecule has 0 saturated heterocycles. The van der Waals surface area contributed by atoms with E-state index in [0.717, 1.165) is 11.0 Å². The van der Waals surface area contributed by atoms with Gasteiger partial charge in [-0.1, -0.05) is 22.0 Å². The van der Waals surface area contributed by atoms with Crippen LogP contribution in [0.15, 0.2) is 22.7 Å². The molecular weight excluding hydrogens is 292 g/mol. The first-order valence-corrected chi connectivity index (χ1v) is 6.69. The minimum atomic E-state index is -0.169.